The zero-order chi connectivity index (χ0) is 18.5. The molecule has 8 heteroatoms. The average molecular weight is 354 g/mol. The van der Waals surface area contributed by atoms with Crippen LogP contribution in [0.1, 0.15) is 16.1 Å². The Bertz CT molecular complexity index is 938. The van der Waals surface area contributed by atoms with Crippen molar-refractivity contribution in [3.63, 3.8) is 0 Å². The van der Waals surface area contributed by atoms with Crippen LogP contribution in [0.15, 0.2) is 60.8 Å². The van der Waals surface area contributed by atoms with E-state index in [2.05, 4.69) is 10.4 Å². The molecule has 132 valence electrons. The zero-order valence-corrected chi connectivity index (χ0v) is 13.6. The van der Waals surface area contributed by atoms with Crippen molar-refractivity contribution >= 4 is 11.6 Å². The SMILES string of the molecule is O=C(NCCc1ccccc1F)c1ccn(-c2ccc([N+](=O)[O-])cc2)n1. The van der Waals surface area contributed by atoms with Gasteiger partial charge in [0.2, 0.25) is 0 Å². The Balaban J connectivity index is 1.61. The molecule has 1 heterocycles. The molecule has 0 atom stereocenters. The number of halogens is 1. The Morgan fingerprint density at radius 3 is 2.58 bits per heavy atom. The number of hydrogen-bond acceptors (Lipinski definition) is 4. The molecular weight excluding hydrogens is 339 g/mol. The van der Waals surface area contributed by atoms with Crippen LogP contribution < -0.4 is 5.32 Å². The highest BCUT2D eigenvalue weighted by atomic mass is 19.1. The van der Waals surface area contributed by atoms with Crippen LogP contribution in [0.5, 0.6) is 0 Å². The molecule has 0 fully saturated rings. The van der Waals surface area contributed by atoms with Gasteiger partial charge in [-0.25, -0.2) is 9.07 Å². The van der Waals surface area contributed by atoms with E-state index < -0.39 is 4.92 Å². The van der Waals surface area contributed by atoms with E-state index in [1.165, 1.54) is 22.9 Å². The normalized spacial score (nSPS) is 10.5. The van der Waals surface area contributed by atoms with Gasteiger partial charge >= 0.3 is 0 Å². The van der Waals surface area contributed by atoms with Gasteiger partial charge < -0.3 is 5.32 Å². The molecule has 0 aliphatic heterocycles. The summed E-state index contributed by atoms with van der Waals surface area (Å²) in [6, 6.07) is 13.8. The smallest absolute Gasteiger partial charge is 0.271 e. The first-order valence-corrected chi connectivity index (χ1v) is 7.87. The Morgan fingerprint density at radius 1 is 1.15 bits per heavy atom. The number of nitro benzene ring substituents is 1. The number of carbonyl (C=O) groups excluding carboxylic acids is 1. The molecule has 1 amide bonds. The molecule has 0 radical (unpaired) electrons. The summed E-state index contributed by atoms with van der Waals surface area (Å²) in [4.78, 5) is 22.3. The maximum Gasteiger partial charge on any atom is 0.271 e. The predicted molar refractivity (Wildman–Crippen MR) is 92.7 cm³/mol. The topological polar surface area (TPSA) is 90.1 Å². The van der Waals surface area contributed by atoms with Crippen molar-refractivity contribution in [2.45, 2.75) is 6.42 Å². The second-order valence-electron chi connectivity index (χ2n) is 5.52. The van der Waals surface area contributed by atoms with Gasteiger partial charge in [-0.05, 0) is 36.2 Å². The first-order chi connectivity index (χ1) is 12.5. The fourth-order valence-corrected chi connectivity index (χ4v) is 2.42. The van der Waals surface area contributed by atoms with Gasteiger partial charge in [0, 0.05) is 24.9 Å². The summed E-state index contributed by atoms with van der Waals surface area (Å²) in [5, 5.41) is 17.5. The highest BCUT2D eigenvalue weighted by Crippen LogP contribution is 2.15. The van der Waals surface area contributed by atoms with Gasteiger partial charge in [-0.2, -0.15) is 5.10 Å². The maximum atomic E-state index is 13.5. The summed E-state index contributed by atoms with van der Waals surface area (Å²) in [6.45, 7) is 0.282. The van der Waals surface area contributed by atoms with Gasteiger partial charge in [0.05, 0.1) is 10.6 Å². The van der Waals surface area contributed by atoms with E-state index in [1.807, 2.05) is 0 Å². The van der Waals surface area contributed by atoms with Crippen molar-refractivity contribution in [2.24, 2.45) is 0 Å². The highest BCUT2D eigenvalue weighted by molar-refractivity contribution is 5.92. The first kappa shape index (κ1) is 17.3. The van der Waals surface area contributed by atoms with Crippen molar-refractivity contribution in [1.29, 1.82) is 0 Å². The number of nitrogens with one attached hydrogen (secondary N) is 1. The zero-order valence-electron chi connectivity index (χ0n) is 13.6. The molecule has 1 aromatic heterocycles. The van der Waals surface area contributed by atoms with Crippen LogP contribution in [0.4, 0.5) is 10.1 Å². The van der Waals surface area contributed by atoms with E-state index in [4.69, 9.17) is 0 Å². The largest absolute Gasteiger partial charge is 0.350 e. The quantitative estimate of drug-likeness (QED) is 0.544. The lowest BCUT2D eigenvalue weighted by Crippen LogP contribution is -2.26. The minimum Gasteiger partial charge on any atom is -0.350 e. The van der Waals surface area contributed by atoms with Gasteiger partial charge in [-0.1, -0.05) is 18.2 Å². The van der Waals surface area contributed by atoms with E-state index in [9.17, 15) is 19.3 Å². The summed E-state index contributed by atoms with van der Waals surface area (Å²) >= 11 is 0. The van der Waals surface area contributed by atoms with Crippen molar-refractivity contribution in [1.82, 2.24) is 15.1 Å². The maximum absolute atomic E-state index is 13.5. The minimum atomic E-state index is -0.485. The molecule has 3 rings (SSSR count). The molecule has 1 N–H and O–H groups in total. The molecular formula is C18H15FN4O3. The summed E-state index contributed by atoms with van der Waals surface area (Å²) in [5.74, 6) is -0.675. The molecule has 0 spiro atoms. The predicted octanol–water partition coefficient (Wildman–Crippen LogP) is 2.89. The number of nitrogens with zero attached hydrogens (tertiary/aromatic N) is 3. The van der Waals surface area contributed by atoms with Gasteiger partial charge in [0.15, 0.2) is 5.69 Å². The number of hydrogen-bond donors (Lipinski definition) is 1. The van der Waals surface area contributed by atoms with Gasteiger partial charge in [0.1, 0.15) is 5.82 Å². The van der Waals surface area contributed by atoms with Crippen LogP contribution in [-0.4, -0.2) is 27.2 Å². The van der Waals surface area contributed by atoms with Crippen LogP contribution >= 0.6 is 0 Å². The summed E-state index contributed by atoms with van der Waals surface area (Å²) < 4.78 is 15.0. The number of non-ortho nitro benzene ring substituents is 1. The third kappa shape index (κ3) is 3.92. The summed E-state index contributed by atoms with van der Waals surface area (Å²) in [6.07, 6.45) is 1.97. The third-order valence-corrected chi connectivity index (χ3v) is 3.78. The highest BCUT2D eigenvalue weighted by Gasteiger charge is 2.11. The van der Waals surface area contributed by atoms with Crippen molar-refractivity contribution in [3.05, 3.63) is 88.0 Å². The molecule has 0 saturated heterocycles. The Labute approximate surface area is 148 Å². The monoisotopic (exact) mass is 354 g/mol. The van der Waals surface area contributed by atoms with Gasteiger partial charge in [-0.3, -0.25) is 14.9 Å². The third-order valence-electron chi connectivity index (χ3n) is 3.78. The Kier molecular flexibility index (Phi) is 5.02. The number of aromatic nitrogens is 2. The van der Waals surface area contributed by atoms with Gasteiger partial charge in [0.25, 0.3) is 11.6 Å². The number of nitro groups is 1. The second kappa shape index (κ2) is 7.56. The fraction of sp³-hybridized carbons (Fsp3) is 0.111. The standard InChI is InChI=1S/C18H15FN4O3/c19-16-4-2-1-3-13(16)9-11-20-18(24)17-10-12-22(21-17)14-5-7-15(8-6-14)23(25)26/h1-8,10,12H,9,11H2,(H,20,24). The van der Waals surface area contributed by atoms with Crippen LogP contribution in [-0.2, 0) is 6.42 Å². The summed E-state index contributed by atoms with van der Waals surface area (Å²) in [5.41, 5.74) is 1.31. The van der Waals surface area contributed by atoms with E-state index in [0.29, 0.717) is 17.7 Å². The number of carbonyl (C=O) groups is 1. The lowest BCUT2D eigenvalue weighted by molar-refractivity contribution is -0.384. The molecule has 0 unspecified atom stereocenters. The lowest BCUT2D eigenvalue weighted by Gasteiger charge is -2.05. The van der Waals surface area contributed by atoms with Crippen molar-refractivity contribution in [2.75, 3.05) is 6.54 Å². The van der Waals surface area contributed by atoms with Crippen LogP contribution in [0.2, 0.25) is 0 Å². The summed E-state index contributed by atoms with van der Waals surface area (Å²) in [7, 11) is 0. The van der Waals surface area contributed by atoms with E-state index in [-0.39, 0.29) is 29.7 Å². The molecule has 7 nitrogen and oxygen atoms in total. The first-order valence-electron chi connectivity index (χ1n) is 7.87. The second-order valence-corrected chi connectivity index (χ2v) is 5.52. The number of amides is 1. The Morgan fingerprint density at radius 2 is 1.88 bits per heavy atom. The number of benzene rings is 2. The average Bonchev–Trinajstić information content (AvgIpc) is 3.13. The molecule has 0 aliphatic carbocycles. The molecule has 0 bridgehead atoms. The molecule has 3 aromatic rings. The van der Waals surface area contributed by atoms with Crippen LogP contribution in [0, 0.1) is 15.9 Å². The van der Waals surface area contributed by atoms with Crippen LogP contribution in [0.25, 0.3) is 5.69 Å². The van der Waals surface area contributed by atoms with Gasteiger partial charge in [-0.15, -0.1) is 0 Å². The molecule has 0 aliphatic rings. The molecule has 0 saturated carbocycles. The molecule has 2 aromatic carbocycles. The lowest BCUT2D eigenvalue weighted by atomic mass is 10.1. The fourth-order valence-electron chi connectivity index (χ4n) is 2.42. The van der Waals surface area contributed by atoms with E-state index in [1.54, 1.807) is 42.6 Å². The minimum absolute atomic E-state index is 0.0213. The number of rotatable bonds is 6. The van der Waals surface area contributed by atoms with E-state index in [0.717, 1.165) is 0 Å². The van der Waals surface area contributed by atoms with Crippen molar-refractivity contribution < 1.29 is 14.1 Å². The Hall–Kier alpha value is -3.55. The van der Waals surface area contributed by atoms with Crippen molar-refractivity contribution in [3.8, 4) is 5.69 Å². The molecule has 26 heavy (non-hydrogen) atoms. The van der Waals surface area contributed by atoms with Crippen LogP contribution in [0.3, 0.4) is 0 Å². The van der Waals surface area contributed by atoms with E-state index >= 15 is 0 Å².